The molecule has 1 aliphatic rings. The molecule has 0 amide bonds. The molecule has 1 saturated heterocycles. The average Bonchev–Trinajstić information content (AvgIpc) is 3.29. The topological polar surface area (TPSA) is 92.1 Å². The van der Waals surface area contributed by atoms with Gasteiger partial charge in [0, 0.05) is 24.6 Å². The molecule has 1 aliphatic heterocycles. The van der Waals surface area contributed by atoms with Crippen LogP contribution in [0.25, 0.3) is 11.0 Å². The van der Waals surface area contributed by atoms with Gasteiger partial charge in [0.05, 0.1) is 10.9 Å². The van der Waals surface area contributed by atoms with Gasteiger partial charge in [0.25, 0.3) is 0 Å². The highest BCUT2D eigenvalue weighted by atomic mass is 16.4. The summed E-state index contributed by atoms with van der Waals surface area (Å²) in [6.07, 6.45) is 3.64. The zero-order valence-electron chi connectivity index (χ0n) is 17.0. The number of hydrazone groups is 1. The molecule has 156 valence electrons. The van der Waals surface area contributed by atoms with Crippen LogP contribution in [0, 0.1) is 0 Å². The van der Waals surface area contributed by atoms with E-state index in [1.54, 1.807) is 18.2 Å². The van der Waals surface area contributed by atoms with Crippen molar-refractivity contribution in [3.8, 4) is 5.75 Å². The fourth-order valence-corrected chi connectivity index (χ4v) is 4.28. The van der Waals surface area contributed by atoms with Crippen molar-refractivity contribution in [3.63, 3.8) is 0 Å². The fraction of sp³-hybridized carbons (Fsp3) is 0.333. The van der Waals surface area contributed by atoms with E-state index in [2.05, 4.69) is 10.0 Å². The van der Waals surface area contributed by atoms with Gasteiger partial charge >= 0.3 is 5.63 Å². The van der Waals surface area contributed by atoms with Gasteiger partial charge in [0.1, 0.15) is 11.3 Å². The van der Waals surface area contributed by atoms with E-state index in [1.807, 2.05) is 36.4 Å². The Labute approximate surface area is 175 Å². The molecular weight excluding hydrogens is 378 g/mol. The van der Waals surface area contributed by atoms with Crippen molar-refractivity contribution in [2.24, 2.45) is 10.9 Å². The maximum Gasteiger partial charge on any atom is 0.343 e. The van der Waals surface area contributed by atoms with E-state index in [0.29, 0.717) is 17.4 Å². The van der Waals surface area contributed by atoms with E-state index in [0.717, 1.165) is 37.3 Å². The van der Waals surface area contributed by atoms with E-state index >= 15 is 0 Å². The third-order valence-electron chi connectivity index (χ3n) is 5.91. The third kappa shape index (κ3) is 4.24. The smallest absolute Gasteiger partial charge is 0.343 e. The second kappa shape index (κ2) is 9.13. The molecule has 1 fully saturated rings. The first-order chi connectivity index (χ1) is 14.7. The van der Waals surface area contributed by atoms with Gasteiger partial charge in [0.15, 0.2) is 0 Å². The highest BCUT2D eigenvalue weighted by molar-refractivity contribution is 5.87. The van der Waals surface area contributed by atoms with E-state index < -0.39 is 11.5 Å². The van der Waals surface area contributed by atoms with Crippen LogP contribution in [-0.4, -0.2) is 35.4 Å². The Morgan fingerprint density at radius 3 is 2.53 bits per heavy atom. The predicted molar refractivity (Wildman–Crippen MR) is 119 cm³/mol. The second-order valence-electron chi connectivity index (χ2n) is 7.81. The molecular formula is C24H27N3O3. The molecule has 6 heteroatoms. The quantitative estimate of drug-likeness (QED) is 0.270. The largest absolute Gasteiger partial charge is 0.507 e. The molecule has 0 saturated carbocycles. The van der Waals surface area contributed by atoms with Crippen LogP contribution in [0.4, 0.5) is 0 Å². The minimum atomic E-state index is -0.532. The molecule has 3 aromatic rings. The predicted octanol–water partition coefficient (Wildman–Crippen LogP) is 3.82. The molecule has 6 nitrogen and oxygen atoms in total. The van der Waals surface area contributed by atoms with Crippen LogP contribution in [0.3, 0.4) is 0 Å². The molecule has 0 unspecified atom stereocenters. The molecule has 0 aliphatic carbocycles. The lowest BCUT2D eigenvalue weighted by molar-refractivity contribution is 0.349. The fourth-order valence-electron chi connectivity index (χ4n) is 4.28. The van der Waals surface area contributed by atoms with Crippen LogP contribution in [0.2, 0.25) is 0 Å². The number of para-hydroxylation sites is 1. The van der Waals surface area contributed by atoms with E-state index in [9.17, 15) is 9.90 Å². The lowest BCUT2D eigenvalue weighted by atomic mass is 9.86. The summed E-state index contributed by atoms with van der Waals surface area (Å²) in [5.74, 6) is 5.30. The Kier molecular flexibility index (Phi) is 6.14. The summed E-state index contributed by atoms with van der Waals surface area (Å²) in [6.45, 7) is 3.11. The molecule has 1 atom stereocenters. The highest BCUT2D eigenvalue weighted by Gasteiger charge is 2.26. The third-order valence-corrected chi connectivity index (χ3v) is 5.91. The number of nitrogens with two attached hydrogens (primary N) is 1. The first-order valence-electron chi connectivity index (χ1n) is 10.4. The van der Waals surface area contributed by atoms with Crippen molar-refractivity contribution >= 4 is 16.7 Å². The van der Waals surface area contributed by atoms with Crippen molar-refractivity contribution in [1.29, 1.82) is 0 Å². The first-order valence-corrected chi connectivity index (χ1v) is 10.4. The standard InChI is InChI=1S/C24H27N3O3/c25-26-18(12-15-27-13-6-7-14-27)16-20(17-8-2-1-3-9-17)22-23(28)19-10-4-5-11-21(19)30-24(22)29/h1-5,8-11,20,28H,6-7,12-16,25H2/b26-18-/t20-/m1/s1. The zero-order valence-corrected chi connectivity index (χ0v) is 17.0. The van der Waals surface area contributed by atoms with Crippen LogP contribution >= 0.6 is 0 Å². The normalized spacial score (nSPS) is 16.2. The Morgan fingerprint density at radius 2 is 1.80 bits per heavy atom. The summed E-state index contributed by atoms with van der Waals surface area (Å²) in [5, 5.41) is 15.6. The SMILES string of the molecule is N/N=C(/CCN1CCCC1)C[C@H](c1ccccc1)c1c(O)c2ccccc2oc1=O. The monoisotopic (exact) mass is 405 g/mol. The van der Waals surface area contributed by atoms with Crippen LogP contribution in [0.5, 0.6) is 5.75 Å². The molecule has 2 heterocycles. The summed E-state index contributed by atoms with van der Waals surface area (Å²) in [6, 6.07) is 16.7. The molecule has 0 bridgehead atoms. The number of fused-ring (bicyclic) bond motifs is 1. The minimum Gasteiger partial charge on any atom is -0.507 e. The van der Waals surface area contributed by atoms with Crippen LogP contribution in [-0.2, 0) is 0 Å². The number of aromatic hydroxyl groups is 1. The van der Waals surface area contributed by atoms with Gasteiger partial charge in [-0.25, -0.2) is 4.79 Å². The van der Waals surface area contributed by atoms with Crippen LogP contribution in [0.1, 0.15) is 42.7 Å². The molecule has 3 N–H and O–H groups in total. The van der Waals surface area contributed by atoms with Gasteiger partial charge in [-0.2, -0.15) is 5.10 Å². The van der Waals surface area contributed by atoms with Crippen molar-refractivity contribution < 1.29 is 9.52 Å². The van der Waals surface area contributed by atoms with Crippen molar-refractivity contribution in [1.82, 2.24) is 4.90 Å². The zero-order chi connectivity index (χ0) is 20.9. The van der Waals surface area contributed by atoms with Gasteiger partial charge in [-0.1, -0.05) is 42.5 Å². The van der Waals surface area contributed by atoms with Crippen molar-refractivity contribution in [3.05, 3.63) is 76.1 Å². The number of nitrogens with zero attached hydrogens (tertiary/aromatic N) is 2. The molecule has 2 aromatic carbocycles. The number of hydrogen-bond donors (Lipinski definition) is 2. The molecule has 30 heavy (non-hydrogen) atoms. The summed E-state index contributed by atoms with van der Waals surface area (Å²) in [7, 11) is 0. The first kappa shape index (κ1) is 20.2. The number of benzene rings is 2. The Bertz CT molecular complexity index is 1090. The molecule has 0 radical (unpaired) electrons. The maximum absolute atomic E-state index is 12.9. The van der Waals surface area contributed by atoms with Gasteiger partial charge in [-0.15, -0.1) is 0 Å². The number of rotatable bonds is 7. The number of hydrogen-bond acceptors (Lipinski definition) is 6. The van der Waals surface area contributed by atoms with Crippen molar-refractivity contribution in [2.45, 2.75) is 31.6 Å². The van der Waals surface area contributed by atoms with Gasteiger partial charge < -0.3 is 20.3 Å². The van der Waals surface area contributed by atoms with E-state index in [1.165, 1.54) is 12.8 Å². The van der Waals surface area contributed by atoms with Gasteiger partial charge in [-0.3, -0.25) is 0 Å². The molecule has 1 aromatic heterocycles. The Hall–Kier alpha value is -3.12. The Balaban J connectivity index is 1.70. The van der Waals surface area contributed by atoms with Gasteiger partial charge in [-0.05, 0) is 50.0 Å². The minimum absolute atomic E-state index is 0.0355. The summed E-state index contributed by atoms with van der Waals surface area (Å²) in [5.41, 5.74) is 1.83. The second-order valence-corrected chi connectivity index (χ2v) is 7.81. The molecule has 0 spiro atoms. The number of likely N-dealkylation sites (tertiary alicyclic amines) is 1. The lowest BCUT2D eigenvalue weighted by Gasteiger charge is -2.21. The average molecular weight is 405 g/mol. The van der Waals surface area contributed by atoms with Crippen molar-refractivity contribution in [2.75, 3.05) is 19.6 Å². The molecule has 4 rings (SSSR count). The summed E-state index contributed by atoms with van der Waals surface area (Å²) >= 11 is 0. The van der Waals surface area contributed by atoms with E-state index in [4.69, 9.17) is 10.3 Å². The summed E-state index contributed by atoms with van der Waals surface area (Å²) in [4.78, 5) is 15.3. The van der Waals surface area contributed by atoms with E-state index in [-0.39, 0.29) is 11.3 Å². The maximum atomic E-state index is 12.9. The lowest BCUT2D eigenvalue weighted by Crippen LogP contribution is -2.24. The van der Waals surface area contributed by atoms with Crippen LogP contribution in [0.15, 0.2) is 68.9 Å². The van der Waals surface area contributed by atoms with Crippen LogP contribution < -0.4 is 11.5 Å². The van der Waals surface area contributed by atoms with Gasteiger partial charge in [0.2, 0.25) is 0 Å². The summed E-state index contributed by atoms with van der Waals surface area (Å²) < 4.78 is 5.54. The highest BCUT2D eigenvalue weighted by Crippen LogP contribution is 2.36. The Morgan fingerprint density at radius 1 is 1.10 bits per heavy atom.